The van der Waals surface area contributed by atoms with Crippen LogP contribution in [-0.4, -0.2) is 70.6 Å². The molecule has 1 saturated heterocycles. The molecule has 30 heavy (non-hydrogen) atoms. The first-order chi connectivity index (χ1) is 15.3. The first-order valence-electron chi connectivity index (χ1n) is 11.1. The maximum atomic E-state index is 13.2. The van der Waals surface area contributed by atoms with Gasteiger partial charge in [-0.25, -0.2) is 4.79 Å². The fourth-order valence-corrected chi connectivity index (χ4v) is 4.18. The van der Waals surface area contributed by atoms with Crippen LogP contribution in [0.15, 0.2) is 21.8 Å². The maximum absolute atomic E-state index is 13.2. The summed E-state index contributed by atoms with van der Waals surface area (Å²) >= 11 is 0. The second kappa shape index (κ2) is 10.8. The molecule has 1 fully saturated rings. The van der Waals surface area contributed by atoms with Gasteiger partial charge in [-0.05, 0) is 13.3 Å². The first kappa shape index (κ1) is 20.6. The van der Waals surface area contributed by atoms with Crippen molar-refractivity contribution < 1.29 is 37.4 Å². The third-order valence-electron chi connectivity index (χ3n) is 4.62. The lowest BCUT2D eigenvalue weighted by Gasteiger charge is -2.27. The summed E-state index contributed by atoms with van der Waals surface area (Å²) in [6.07, 6.45) is -2.74. The fourth-order valence-electron chi connectivity index (χ4n) is 2.83. The molecule has 5 atom stereocenters. The molecule has 2 rings (SSSR count). The number of aliphatic hydroxyl groups excluding tert-OH is 1. The van der Waals surface area contributed by atoms with Crippen LogP contribution in [0.2, 0.25) is 0 Å². The molecule has 0 saturated carbocycles. The van der Waals surface area contributed by atoms with Gasteiger partial charge in [-0.1, -0.05) is 19.8 Å². The third-order valence-corrected chi connectivity index (χ3v) is 6.31. The van der Waals surface area contributed by atoms with Gasteiger partial charge in [0.15, 0.2) is 6.23 Å². The molecule has 0 spiro atoms. The number of aromatic nitrogens is 2. The van der Waals surface area contributed by atoms with Gasteiger partial charge in [-0.3, -0.25) is 18.9 Å². The molecular weight excluding hydrogens is 419 g/mol. The van der Waals surface area contributed by atoms with Gasteiger partial charge in [0.05, 0.1) is 30.0 Å². The van der Waals surface area contributed by atoms with E-state index >= 15 is 0 Å². The first-order valence-corrected chi connectivity index (χ1v) is 11.3. The summed E-state index contributed by atoms with van der Waals surface area (Å²) in [7, 11) is -2.69. The summed E-state index contributed by atoms with van der Waals surface area (Å²) in [4.78, 5) is 25.6. The quantitative estimate of drug-likeness (QED) is 0.306. The van der Waals surface area contributed by atoms with Crippen LogP contribution in [0.3, 0.4) is 0 Å². The number of hydrogen-bond acceptors (Lipinski definition) is 9. The van der Waals surface area contributed by atoms with Crippen LogP contribution in [0.5, 0.6) is 0 Å². The summed E-state index contributed by atoms with van der Waals surface area (Å²) in [5.41, 5.74) is -4.25. The topological polar surface area (TPSA) is 149 Å². The molecule has 0 radical (unpaired) electrons. The summed E-state index contributed by atoms with van der Waals surface area (Å²) in [5, 5.41) is 21.4. The van der Waals surface area contributed by atoms with Crippen LogP contribution in [0.4, 0.5) is 0 Å². The molecule has 1 aliphatic rings. The molecule has 0 bridgehead atoms. The van der Waals surface area contributed by atoms with Crippen molar-refractivity contribution in [1.29, 1.82) is 0 Å². The minimum atomic E-state index is -4.05. The fraction of sp³-hybridized carbons (Fsp3) is 0.778. The standard InChI is InChI=1S/C18H31N2O9P/c1-4-5-6-9-27-30(25,11-10-26-3)28-12-13-15(22)18(2,24)16(29-13)20-8-7-14(21)19-17(20)23/h7-8,13,15-16,22,24H,4-6,9-12H2,1-3H3,(H,19,21,23)/t13-,15-,16-,18-,30?/m1/s1/i7D,12D2. The highest BCUT2D eigenvalue weighted by molar-refractivity contribution is 7.53. The number of unbranched alkanes of at least 4 members (excludes halogenated alkanes) is 2. The van der Waals surface area contributed by atoms with Crippen molar-refractivity contribution in [1.82, 2.24) is 9.55 Å². The highest BCUT2D eigenvalue weighted by atomic mass is 31.2. The van der Waals surface area contributed by atoms with E-state index in [2.05, 4.69) is 0 Å². The van der Waals surface area contributed by atoms with E-state index in [1.165, 1.54) is 7.11 Å². The van der Waals surface area contributed by atoms with Crippen LogP contribution >= 0.6 is 7.60 Å². The molecule has 0 amide bonds. The van der Waals surface area contributed by atoms with Crippen LogP contribution in [0, 0.1) is 0 Å². The van der Waals surface area contributed by atoms with E-state index in [0.29, 0.717) is 11.0 Å². The Morgan fingerprint density at radius 1 is 1.40 bits per heavy atom. The van der Waals surface area contributed by atoms with Crippen molar-refractivity contribution >= 4 is 7.60 Å². The Labute approximate surface area is 178 Å². The van der Waals surface area contributed by atoms with Crippen molar-refractivity contribution in [3.63, 3.8) is 0 Å². The van der Waals surface area contributed by atoms with Gasteiger partial charge in [0.1, 0.15) is 17.8 Å². The maximum Gasteiger partial charge on any atom is 0.333 e. The van der Waals surface area contributed by atoms with Gasteiger partial charge < -0.3 is 28.7 Å². The summed E-state index contributed by atoms with van der Waals surface area (Å²) in [5.74, 6) is 0. The molecule has 0 aliphatic carbocycles. The van der Waals surface area contributed by atoms with Gasteiger partial charge in [-0.15, -0.1) is 0 Å². The Kier molecular flexibility index (Phi) is 7.41. The second-order valence-corrected chi connectivity index (χ2v) is 9.21. The van der Waals surface area contributed by atoms with E-state index in [0.717, 1.165) is 26.0 Å². The average molecular weight is 453 g/mol. The number of nitrogens with zero attached hydrogens (tertiary/aromatic N) is 1. The summed E-state index contributed by atoms with van der Waals surface area (Å²) in [6.45, 7) is 0.137. The Bertz CT molecular complexity index is 968. The minimum absolute atomic E-state index is 0.0470. The molecule has 1 aromatic heterocycles. The molecule has 172 valence electrons. The number of hydrogen-bond donors (Lipinski definition) is 3. The molecule has 1 aliphatic heterocycles. The van der Waals surface area contributed by atoms with Gasteiger partial charge in [0, 0.05) is 19.3 Å². The highest BCUT2D eigenvalue weighted by Gasteiger charge is 2.53. The Hall–Kier alpha value is -1.33. The molecular formula is C18H31N2O9P. The summed E-state index contributed by atoms with van der Waals surface area (Å²) in [6, 6.07) is -0.615. The largest absolute Gasteiger partial charge is 0.387 e. The molecule has 12 heteroatoms. The Balaban J connectivity index is 2.31. The summed E-state index contributed by atoms with van der Waals surface area (Å²) < 4.78 is 59.0. The van der Waals surface area contributed by atoms with Crippen LogP contribution in [0.25, 0.3) is 0 Å². The number of aromatic amines is 1. The molecule has 3 N–H and O–H groups in total. The van der Waals surface area contributed by atoms with Crippen molar-refractivity contribution in [2.75, 3.05) is 33.0 Å². The van der Waals surface area contributed by atoms with Gasteiger partial charge in [0.2, 0.25) is 0 Å². The lowest BCUT2D eigenvalue weighted by Crippen LogP contribution is -2.46. The molecule has 0 aromatic carbocycles. The predicted octanol–water partition coefficient (Wildman–Crippen LogP) is 0.609. The Morgan fingerprint density at radius 3 is 2.80 bits per heavy atom. The van der Waals surface area contributed by atoms with Crippen molar-refractivity contribution in [3.05, 3.63) is 33.1 Å². The molecule has 2 heterocycles. The SMILES string of the molecule is [2H]c1cn([C@@H]2O[C@H](C([2H])([2H])OP(=O)(CCOC)OCCCCC)[C@@H](O)[C@@]2(C)O)c(=O)[nH]c1=O. The highest BCUT2D eigenvalue weighted by Crippen LogP contribution is 2.49. The number of nitrogens with one attached hydrogen (secondary N) is 1. The zero-order valence-corrected chi connectivity index (χ0v) is 18.1. The van der Waals surface area contributed by atoms with Crippen LogP contribution in [-0.2, 0) is 23.1 Å². The zero-order chi connectivity index (χ0) is 25.0. The Morgan fingerprint density at radius 2 is 2.13 bits per heavy atom. The average Bonchev–Trinajstić information content (AvgIpc) is 2.96. The van der Waals surface area contributed by atoms with Gasteiger partial charge >= 0.3 is 13.3 Å². The van der Waals surface area contributed by atoms with E-state index in [9.17, 15) is 24.4 Å². The van der Waals surface area contributed by atoms with E-state index < -0.39 is 55.5 Å². The second-order valence-electron chi connectivity index (χ2n) is 7.10. The number of aliphatic hydroxyl groups is 2. The van der Waals surface area contributed by atoms with Crippen molar-refractivity contribution in [3.8, 4) is 0 Å². The third kappa shape index (κ3) is 6.10. The number of rotatable bonds is 12. The molecule has 11 nitrogen and oxygen atoms in total. The zero-order valence-electron chi connectivity index (χ0n) is 20.2. The number of methoxy groups -OCH3 is 1. The predicted molar refractivity (Wildman–Crippen MR) is 108 cm³/mol. The molecule has 1 aromatic rings. The minimum Gasteiger partial charge on any atom is -0.387 e. The monoisotopic (exact) mass is 453 g/mol. The van der Waals surface area contributed by atoms with E-state index in [4.69, 9.17) is 22.6 Å². The van der Waals surface area contributed by atoms with E-state index in [1.807, 2.05) is 11.9 Å². The van der Waals surface area contributed by atoms with E-state index in [-0.39, 0.29) is 19.4 Å². The lowest BCUT2D eigenvalue weighted by molar-refractivity contribution is -0.0985. The molecule has 1 unspecified atom stereocenters. The van der Waals surface area contributed by atoms with Crippen molar-refractivity contribution in [2.24, 2.45) is 0 Å². The van der Waals surface area contributed by atoms with Gasteiger partial charge in [0.25, 0.3) is 5.56 Å². The van der Waals surface area contributed by atoms with Crippen molar-refractivity contribution in [2.45, 2.75) is 57.1 Å². The number of H-pyrrole nitrogens is 1. The van der Waals surface area contributed by atoms with E-state index in [1.54, 1.807) is 0 Å². The number of ether oxygens (including phenoxy) is 2. The van der Waals surface area contributed by atoms with Gasteiger partial charge in [-0.2, -0.15) is 0 Å². The smallest absolute Gasteiger partial charge is 0.333 e. The normalized spacial score (nSPS) is 30.4. The van der Waals surface area contributed by atoms with Crippen LogP contribution < -0.4 is 11.2 Å². The lowest BCUT2D eigenvalue weighted by atomic mass is 9.96. The van der Waals surface area contributed by atoms with Crippen LogP contribution in [0.1, 0.15) is 43.5 Å².